The minimum absolute atomic E-state index is 0.153. The number of aliphatic hydroxyl groups excluding tert-OH is 2. The van der Waals surface area contributed by atoms with Crippen molar-refractivity contribution in [3.05, 3.63) is 12.7 Å². The molecule has 12 heavy (non-hydrogen) atoms. The third kappa shape index (κ3) is 0.947. The van der Waals surface area contributed by atoms with Crippen LogP contribution in [0.4, 0.5) is 0 Å². The first kappa shape index (κ1) is 8.27. The molecule has 0 saturated heterocycles. The van der Waals surface area contributed by atoms with Crippen LogP contribution in [-0.2, 0) is 0 Å². The molecule has 0 radical (unpaired) electrons. The third-order valence-electron chi connectivity index (χ3n) is 3.58. The normalized spacial score (nSPS) is 51.3. The maximum atomic E-state index is 9.77. The van der Waals surface area contributed by atoms with Gasteiger partial charge in [0.2, 0.25) is 0 Å². The molecule has 0 aliphatic heterocycles. The van der Waals surface area contributed by atoms with E-state index in [-0.39, 0.29) is 24.0 Å². The van der Waals surface area contributed by atoms with E-state index in [1.165, 1.54) is 0 Å². The lowest BCUT2D eigenvalue weighted by Gasteiger charge is -2.25. The van der Waals surface area contributed by atoms with E-state index >= 15 is 0 Å². The van der Waals surface area contributed by atoms with Crippen LogP contribution in [0.2, 0.25) is 0 Å². The second kappa shape index (κ2) is 2.86. The van der Waals surface area contributed by atoms with Crippen LogP contribution < -0.4 is 0 Å². The van der Waals surface area contributed by atoms with E-state index in [1.807, 2.05) is 6.08 Å². The van der Waals surface area contributed by atoms with Crippen molar-refractivity contribution in [1.82, 2.24) is 0 Å². The molecule has 2 fully saturated rings. The molecule has 0 amide bonds. The Morgan fingerprint density at radius 1 is 1.17 bits per heavy atom. The van der Waals surface area contributed by atoms with Crippen molar-refractivity contribution in [1.29, 1.82) is 0 Å². The van der Waals surface area contributed by atoms with Crippen molar-refractivity contribution >= 4 is 0 Å². The van der Waals surface area contributed by atoms with E-state index < -0.39 is 0 Å². The molecule has 0 aromatic rings. The fourth-order valence-electron chi connectivity index (χ4n) is 2.96. The lowest BCUT2D eigenvalue weighted by atomic mass is 9.84. The van der Waals surface area contributed by atoms with E-state index in [0.717, 1.165) is 19.3 Å². The lowest BCUT2D eigenvalue weighted by Crippen LogP contribution is -2.26. The zero-order valence-electron chi connectivity index (χ0n) is 7.19. The molecular weight excluding hydrogens is 152 g/mol. The van der Waals surface area contributed by atoms with Gasteiger partial charge in [-0.15, -0.1) is 6.58 Å². The Balaban J connectivity index is 2.12. The first-order valence-corrected chi connectivity index (χ1v) is 4.72. The summed E-state index contributed by atoms with van der Waals surface area (Å²) in [7, 11) is 0. The maximum absolute atomic E-state index is 9.77. The zero-order valence-corrected chi connectivity index (χ0v) is 7.19. The minimum atomic E-state index is -0.281. The van der Waals surface area contributed by atoms with Crippen molar-refractivity contribution in [3.63, 3.8) is 0 Å². The molecule has 2 aliphatic rings. The average molecular weight is 168 g/mol. The van der Waals surface area contributed by atoms with Gasteiger partial charge in [-0.25, -0.2) is 0 Å². The van der Waals surface area contributed by atoms with E-state index in [1.54, 1.807) is 0 Å². The van der Waals surface area contributed by atoms with Gasteiger partial charge >= 0.3 is 0 Å². The second-order valence-corrected chi connectivity index (χ2v) is 4.07. The predicted octanol–water partition coefficient (Wildman–Crippen LogP) is 0.940. The van der Waals surface area contributed by atoms with E-state index in [9.17, 15) is 10.2 Å². The molecule has 0 heterocycles. The van der Waals surface area contributed by atoms with Gasteiger partial charge in [-0.1, -0.05) is 6.08 Å². The number of rotatable bonds is 2. The standard InChI is InChI=1S/C10H16O2/c1-2-3-6-7-4-5-8(9(6)11)10(7)12/h2,6-12H,1,3-5H2/t6-,7-,8+,9?,10+/m0/s1. The van der Waals surface area contributed by atoms with E-state index in [4.69, 9.17) is 0 Å². The van der Waals surface area contributed by atoms with Crippen LogP contribution in [0, 0.1) is 17.8 Å². The van der Waals surface area contributed by atoms with Crippen molar-refractivity contribution < 1.29 is 10.2 Å². The fourth-order valence-corrected chi connectivity index (χ4v) is 2.96. The molecule has 0 aromatic heterocycles. The summed E-state index contributed by atoms with van der Waals surface area (Å²) in [6, 6.07) is 0. The van der Waals surface area contributed by atoms with Crippen molar-refractivity contribution in [2.45, 2.75) is 31.5 Å². The summed E-state index contributed by atoms with van der Waals surface area (Å²) in [5.74, 6) is 0.763. The first-order chi connectivity index (χ1) is 5.75. The van der Waals surface area contributed by atoms with Crippen molar-refractivity contribution in [2.75, 3.05) is 0 Å². The monoisotopic (exact) mass is 168 g/mol. The van der Waals surface area contributed by atoms with Crippen LogP contribution in [0.15, 0.2) is 12.7 Å². The van der Waals surface area contributed by atoms with Gasteiger partial charge in [0.25, 0.3) is 0 Å². The molecule has 2 bridgehead atoms. The van der Waals surface area contributed by atoms with Crippen LogP contribution in [0.3, 0.4) is 0 Å². The summed E-state index contributed by atoms with van der Waals surface area (Å²) >= 11 is 0. The highest BCUT2D eigenvalue weighted by Gasteiger charge is 2.52. The van der Waals surface area contributed by atoms with Gasteiger partial charge in [0.15, 0.2) is 0 Å². The minimum Gasteiger partial charge on any atom is -0.392 e. The Kier molecular flexibility index (Phi) is 1.97. The molecule has 0 spiro atoms. The number of aliphatic hydroxyl groups is 2. The van der Waals surface area contributed by atoms with Gasteiger partial charge in [0.1, 0.15) is 0 Å². The van der Waals surface area contributed by atoms with Gasteiger partial charge in [-0.05, 0) is 31.1 Å². The number of fused-ring (bicyclic) bond motifs is 2. The Morgan fingerprint density at radius 2 is 1.83 bits per heavy atom. The SMILES string of the molecule is C=CC[C@@H]1C(O)[C@H]2CC[C@@H]1[C@H]2O. The highest BCUT2D eigenvalue weighted by atomic mass is 16.3. The molecule has 1 unspecified atom stereocenters. The molecular formula is C10H16O2. The maximum Gasteiger partial charge on any atom is 0.0627 e. The average Bonchev–Trinajstić information content (AvgIpc) is 2.50. The molecule has 2 heteroatoms. The predicted molar refractivity (Wildman–Crippen MR) is 46.5 cm³/mol. The third-order valence-corrected chi connectivity index (χ3v) is 3.58. The molecule has 2 rings (SSSR count). The zero-order chi connectivity index (χ0) is 8.72. The van der Waals surface area contributed by atoms with Crippen LogP contribution >= 0.6 is 0 Å². The Hall–Kier alpha value is -0.340. The van der Waals surface area contributed by atoms with E-state index in [2.05, 4.69) is 6.58 Å². The molecule has 2 N–H and O–H groups in total. The molecule has 2 nitrogen and oxygen atoms in total. The van der Waals surface area contributed by atoms with Gasteiger partial charge in [-0.3, -0.25) is 0 Å². The fraction of sp³-hybridized carbons (Fsp3) is 0.800. The quantitative estimate of drug-likeness (QED) is 0.602. The smallest absolute Gasteiger partial charge is 0.0627 e. The molecule has 5 atom stereocenters. The van der Waals surface area contributed by atoms with Crippen LogP contribution in [0.1, 0.15) is 19.3 Å². The highest BCUT2D eigenvalue weighted by Crippen LogP contribution is 2.49. The lowest BCUT2D eigenvalue weighted by molar-refractivity contribution is 0.0514. The summed E-state index contributed by atoms with van der Waals surface area (Å²) < 4.78 is 0. The van der Waals surface area contributed by atoms with Gasteiger partial charge in [-0.2, -0.15) is 0 Å². The summed E-state index contributed by atoms with van der Waals surface area (Å²) in [5, 5.41) is 19.5. The Bertz CT molecular complexity index is 190. The number of hydrogen-bond acceptors (Lipinski definition) is 2. The van der Waals surface area contributed by atoms with Gasteiger partial charge in [0, 0.05) is 5.92 Å². The van der Waals surface area contributed by atoms with Crippen LogP contribution in [0.5, 0.6) is 0 Å². The summed E-state index contributed by atoms with van der Waals surface area (Å²) in [4.78, 5) is 0. The molecule has 68 valence electrons. The summed E-state index contributed by atoms with van der Waals surface area (Å²) in [5.41, 5.74) is 0. The molecule has 2 saturated carbocycles. The van der Waals surface area contributed by atoms with Crippen LogP contribution in [-0.4, -0.2) is 22.4 Å². The molecule has 0 aromatic carbocycles. The number of allylic oxidation sites excluding steroid dienone is 1. The van der Waals surface area contributed by atoms with Gasteiger partial charge in [0.05, 0.1) is 12.2 Å². The largest absolute Gasteiger partial charge is 0.392 e. The molecule has 2 aliphatic carbocycles. The number of hydrogen-bond donors (Lipinski definition) is 2. The Labute approximate surface area is 72.9 Å². The summed E-state index contributed by atoms with van der Waals surface area (Å²) in [6.07, 6.45) is 4.25. The van der Waals surface area contributed by atoms with E-state index in [0.29, 0.717) is 5.92 Å². The highest BCUT2D eigenvalue weighted by molar-refractivity contribution is 5.04. The van der Waals surface area contributed by atoms with Crippen molar-refractivity contribution in [3.8, 4) is 0 Å². The summed E-state index contributed by atoms with van der Waals surface area (Å²) in [6.45, 7) is 3.67. The van der Waals surface area contributed by atoms with Gasteiger partial charge < -0.3 is 10.2 Å². The Morgan fingerprint density at radius 3 is 2.33 bits per heavy atom. The van der Waals surface area contributed by atoms with Crippen molar-refractivity contribution in [2.24, 2.45) is 17.8 Å². The van der Waals surface area contributed by atoms with Crippen LogP contribution in [0.25, 0.3) is 0 Å². The topological polar surface area (TPSA) is 40.5 Å². The first-order valence-electron chi connectivity index (χ1n) is 4.72. The second-order valence-electron chi connectivity index (χ2n) is 4.07.